The number of rotatable bonds is 6. The number of aromatic nitrogens is 1. The van der Waals surface area contributed by atoms with Gasteiger partial charge >= 0.3 is 0 Å². The monoisotopic (exact) mass is 371 g/mol. The Morgan fingerprint density at radius 3 is 2.62 bits per heavy atom. The van der Waals surface area contributed by atoms with Gasteiger partial charge in [-0.15, -0.1) is 0 Å². The van der Waals surface area contributed by atoms with Crippen molar-refractivity contribution in [3.8, 4) is 5.75 Å². The molecule has 6 nitrogen and oxygen atoms in total. The van der Waals surface area contributed by atoms with E-state index in [1.54, 1.807) is 0 Å². The zero-order valence-corrected chi connectivity index (χ0v) is 15.5. The molecule has 26 heavy (non-hydrogen) atoms. The molecule has 0 spiro atoms. The van der Waals surface area contributed by atoms with Crippen molar-refractivity contribution < 1.29 is 13.2 Å². The first-order valence-corrected chi connectivity index (χ1v) is 9.80. The Morgan fingerprint density at radius 2 is 1.88 bits per heavy atom. The minimum atomic E-state index is -3.87. The molecule has 0 aliphatic rings. The highest BCUT2D eigenvalue weighted by atomic mass is 32.2. The summed E-state index contributed by atoms with van der Waals surface area (Å²) < 4.78 is 29.5. The molecular weight excluding hydrogens is 350 g/mol. The van der Waals surface area contributed by atoms with Crippen LogP contribution in [0.25, 0.3) is 10.8 Å². The number of nitrogens with two attached hydrogens (primary N) is 1. The molecule has 0 atom stereocenters. The van der Waals surface area contributed by atoms with Gasteiger partial charge in [-0.1, -0.05) is 30.3 Å². The average Bonchev–Trinajstić information content (AvgIpc) is 2.59. The maximum Gasteiger partial charge on any atom is 0.241 e. The second-order valence-corrected chi connectivity index (χ2v) is 7.71. The summed E-state index contributed by atoms with van der Waals surface area (Å²) >= 11 is 0. The lowest BCUT2D eigenvalue weighted by molar-refractivity contribution is 0.240. The number of nitrogens with zero attached hydrogens (tertiary/aromatic N) is 1. The third-order valence-electron chi connectivity index (χ3n) is 3.87. The highest BCUT2D eigenvalue weighted by Gasteiger charge is 2.16. The number of primary sulfonamides is 1. The second kappa shape index (κ2) is 7.31. The number of hydrogen-bond acceptors (Lipinski definition) is 5. The van der Waals surface area contributed by atoms with E-state index in [0.29, 0.717) is 6.54 Å². The van der Waals surface area contributed by atoms with Gasteiger partial charge in [0.05, 0.1) is 6.10 Å². The summed E-state index contributed by atoms with van der Waals surface area (Å²) in [5.74, 6) is 0.970. The van der Waals surface area contributed by atoms with Crippen LogP contribution in [0.3, 0.4) is 0 Å². The molecule has 7 heteroatoms. The largest absolute Gasteiger partial charge is 0.491 e. The summed E-state index contributed by atoms with van der Waals surface area (Å²) in [6.07, 6.45) is 1.54. The van der Waals surface area contributed by atoms with Crippen LogP contribution in [-0.4, -0.2) is 19.5 Å². The number of hydrogen-bond donors (Lipinski definition) is 2. The predicted molar refractivity (Wildman–Crippen MR) is 103 cm³/mol. The summed E-state index contributed by atoms with van der Waals surface area (Å²) in [4.78, 5) is 4.08. The van der Waals surface area contributed by atoms with E-state index in [1.165, 1.54) is 18.3 Å². The fraction of sp³-hybridized carbons (Fsp3) is 0.211. The summed E-state index contributed by atoms with van der Waals surface area (Å²) in [6.45, 7) is 4.28. The van der Waals surface area contributed by atoms with E-state index < -0.39 is 10.0 Å². The molecule has 136 valence electrons. The molecule has 0 saturated heterocycles. The Morgan fingerprint density at radius 1 is 1.12 bits per heavy atom. The molecular formula is C19H21N3O3S. The van der Waals surface area contributed by atoms with Gasteiger partial charge in [0.15, 0.2) is 0 Å². The average molecular weight is 371 g/mol. The van der Waals surface area contributed by atoms with Crippen LogP contribution in [0.1, 0.15) is 19.4 Å². The molecule has 0 aliphatic heterocycles. The minimum absolute atomic E-state index is 0.0183. The van der Waals surface area contributed by atoms with Crippen LogP contribution in [0, 0.1) is 0 Å². The van der Waals surface area contributed by atoms with Crippen molar-refractivity contribution in [2.45, 2.75) is 31.4 Å². The van der Waals surface area contributed by atoms with Crippen molar-refractivity contribution in [2.24, 2.45) is 5.14 Å². The summed E-state index contributed by atoms with van der Waals surface area (Å²) in [5, 5.41) is 10.5. The molecule has 3 N–H and O–H groups in total. The topological polar surface area (TPSA) is 94.3 Å². The lowest BCUT2D eigenvalue weighted by atomic mass is 10.0. The van der Waals surface area contributed by atoms with Gasteiger partial charge in [-0.05, 0) is 42.8 Å². The van der Waals surface area contributed by atoms with Gasteiger partial charge in [0.2, 0.25) is 10.0 Å². The Kier molecular flexibility index (Phi) is 5.11. The molecule has 2 aromatic carbocycles. The van der Waals surface area contributed by atoms with E-state index in [9.17, 15) is 8.42 Å². The Hall–Kier alpha value is -2.64. The van der Waals surface area contributed by atoms with Gasteiger partial charge < -0.3 is 10.1 Å². The van der Waals surface area contributed by atoms with Crippen LogP contribution in [0.5, 0.6) is 5.75 Å². The zero-order valence-electron chi connectivity index (χ0n) is 14.6. The number of benzene rings is 2. The van der Waals surface area contributed by atoms with Crippen LogP contribution in [0.4, 0.5) is 5.82 Å². The first-order valence-electron chi connectivity index (χ1n) is 8.25. The number of nitrogens with one attached hydrogen (secondary N) is 1. The molecule has 0 fully saturated rings. The van der Waals surface area contributed by atoms with E-state index in [0.717, 1.165) is 22.1 Å². The van der Waals surface area contributed by atoms with E-state index in [4.69, 9.17) is 9.88 Å². The smallest absolute Gasteiger partial charge is 0.241 e. The third kappa shape index (κ3) is 3.95. The quantitative estimate of drug-likeness (QED) is 0.693. The van der Waals surface area contributed by atoms with Crippen molar-refractivity contribution in [3.63, 3.8) is 0 Å². The number of ether oxygens (including phenoxy) is 1. The van der Waals surface area contributed by atoms with Crippen LogP contribution in [-0.2, 0) is 16.6 Å². The molecule has 0 bridgehead atoms. The highest BCUT2D eigenvalue weighted by Crippen LogP contribution is 2.30. The van der Waals surface area contributed by atoms with Gasteiger partial charge in [-0.2, -0.15) is 0 Å². The van der Waals surface area contributed by atoms with Crippen molar-refractivity contribution in [1.82, 2.24) is 4.98 Å². The number of sulfonamides is 1. The van der Waals surface area contributed by atoms with E-state index in [2.05, 4.69) is 10.3 Å². The Labute approximate surface area is 153 Å². The van der Waals surface area contributed by atoms with Crippen LogP contribution >= 0.6 is 0 Å². The van der Waals surface area contributed by atoms with Gasteiger partial charge in [0.1, 0.15) is 16.5 Å². The standard InChI is InChI=1S/C19H21N3O3S/c1-13(2)25-17-10-9-14-6-3-4-7-15(14)16(17)12-22-19-18(26(20,23)24)8-5-11-21-19/h3-11,13H,12H2,1-2H3,(H,21,22)(H2,20,23,24). The van der Waals surface area contributed by atoms with Gasteiger partial charge in [-0.25, -0.2) is 18.5 Å². The molecule has 3 aromatic rings. The van der Waals surface area contributed by atoms with Crippen LogP contribution < -0.4 is 15.2 Å². The maximum absolute atomic E-state index is 11.8. The number of anilines is 1. The van der Waals surface area contributed by atoms with E-state index in [-0.39, 0.29) is 16.8 Å². The maximum atomic E-state index is 11.8. The lowest BCUT2D eigenvalue weighted by Gasteiger charge is -2.18. The minimum Gasteiger partial charge on any atom is -0.491 e. The highest BCUT2D eigenvalue weighted by molar-refractivity contribution is 7.89. The van der Waals surface area contributed by atoms with E-state index in [1.807, 2.05) is 50.2 Å². The third-order valence-corrected chi connectivity index (χ3v) is 4.81. The van der Waals surface area contributed by atoms with Gasteiger partial charge in [0.25, 0.3) is 0 Å². The first kappa shape index (κ1) is 18.2. The van der Waals surface area contributed by atoms with Crippen LogP contribution in [0.15, 0.2) is 59.6 Å². The Bertz CT molecular complexity index is 1030. The van der Waals surface area contributed by atoms with Crippen molar-refractivity contribution in [1.29, 1.82) is 0 Å². The SMILES string of the molecule is CC(C)Oc1ccc2ccccc2c1CNc1ncccc1S(N)(=O)=O. The number of pyridine rings is 1. The van der Waals surface area contributed by atoms with Gasteiger partial charge in [-0.3, -0.25) is 0 Å². The lowest BCUT2D eigenvalue weighted by Crippen LogP contribution is -2.16. The normalized spacial score (nSPS) is 11.7. The van der Waals surface area contributed by atoms with E-state index >= 15 is 0 Å². The Balaban J connectivity index is 2.01. The van der Waals surface area contributed by atoms with Crippen molar-refractivity contribution in [2.75, 3.05) is 5.32 Å². The second-order valence-electron chi connectivity index (χ2n) is 6.18. The summed E-state index contributed by atoms with van der Waals surface area (Å²) in [6, 6.07) is 14.9. The molecule has 0 radical (unpaired) electrons. The number of fused-ring (bicyclic) bond motifs is 1. The zero-order chi connectivity index (χ0) is 18.7. The summed E-state index contributed by atoms with van der Waals surface area (Å²) in [5.41, 5.74) is 0.933. The van der Waals surface area contributed by atoms with Crippen LogP contribution in [0.2, 0.25) is 0 Å². The first-order chi connectivity index (χ1) is 12.4. The molecule has 1 heterocycles. The fourth-order valence-electron chi connectivity index (χ4n) is 2.79. The van der Waals surface area contributed by atoms with Gasteiger partial charge in [0, 0.05) is 18.3 Å². The molecule has 0 amide bonds. The molecule has 1 aromatic heterocycles. The molecule has 3 rings (SSSR count). The predicted octanol–water partition coefficient (Wildman–Crippen LogP) is 3.28. The summed E-state index contributed by atoms with van der Waals surface area (Å²) in [7, 11) is -3.87. The van der Waals surface area contributed by atoms with Crippen molar-refractivity contribution in [3.05, 3.63) is 60.3 Å². The molecule has 0 saturated carbocycles. The fourth-order valence-corrected chi connectivity index (χ4v) is 3.45. The molecule has 0 unspecified atom stereocenters. The molecule has 0 aliphatic carbocycles. The van der Waals surface area contributed by atoms with Crippen molar-refractivity contribution >= 4 is 26.6 Å².